The van der Waals surface area contributed by atoms with E-state index in [1.54, 1.807) is 37.5 Å². The highest BCUT2D eigenvalue weighted by Crippen LogP contribution is 2.50. The Morgan fingerprint density at radius 2 is 2.00 bits per heavy atom. The van der Waals surface area contributed by atoms with E-state index < -0.39 is 30.3 Å². The molecule has 8 nitrogen and oxygen atoms in total. The summed E-state index contributed by atoms with van der Waals surface area (Å²) >= 11 is 6.74. The van der Waals surface area contributed by atoms with Crippen molar-refractivity contribution in [3.63, 3.8) is 0 Å². The van der Waals surface area contributed by atoms with Gasteiger partial charge in [0.15, 0.2) is 17.6 Å². The summed E-state index contributed by atoms with van der Waals surface area (Å²) < 4.78 is 23.1. The molecule has 3 atom stereocenters. The van der Waals surface area contributed by atoms with E-state index in [0.717, 1.165) is 0 Å². The van der Waals surface area contributed by atoms with Crippen LogP contribution in [0.1, 0.15) is 38.7 Å². The molecule has 1 N–H and O–H groups in total. The summed E-state index contributed by atoms with van der Waals surface area (Å²) in [6, 6.07) is 5.08. The zero-order valence-corrected chi connectivity index (χ0v) is 20.5. The lowest BCUT2D eigenvalue weighted by atomic mass is 9.82. The van der Waals surface area contributed by atoms with Crippen LogP contribution in [0, 0.1) is 5.41 Å². The van der Waals surface area contributed by atoms with Gasteiger partial charge in [0.05, 0.1) is 55.2 Å². The number of halogens is 1. The number of hydrogen-bond donors (Lipinski definition) is 1. The van der Waals surface area contributed by atoms with E-state index >= 15 is 0 Å². The highest BCUT2D eigenvalue weighted by atomic mass is 35.5. The molecule has 1 aromatic carbocycles. The third-order valence-corrected chi connectivity index (χ3v) is 6.59. The van der Waals surface area contributed by atoms with E-state index in [1.807, 2.05) is 32.9 Å². The fraction of sp³-hybridized carbons (Fsp3) is 0.440. The highest BCUT2D eigenvalue weighted by molar-refractivity contribution is 6.32. The van der Waals surface area contributed by atoms with E-state index in [0.29, 0.717) is 39.1 Å². The molecule has 1 amide bonds. The van der Waals surface area contributed by atoms with Gasteiger partial charge < -0.3 is 24.1 Å². The molecule has 1 aromatic rings. The Balaban J connectivity index is 1.97. The van der Waals surface area contributed by atoms with Crippen LogP contribution in [0.5, 0.6) is 11.5 Å². The molecule has 3 aliphatic rings. The molecular formula is C25H28ClNO7. The Bertz CT molecular complexity index is 1110. The lowest BCUT2D eigenvalue weighted by molar-refractivity contribution is -0.155. The number of amides is 1. The fourth-order valence-corrected chi connectivity index (χ4v) is 4.84. The summed E-state index contributed by atoms with van der Waals surface area (Å²) in [5.74, 6) is -0.658. The number of nitrogens with zero attached hydrogens (tertiary/aromatic N) is 1. The molecule has 1 aliphatic carbocycles. The maximum Gasteiger partial charge on any atom is 0.307 e. The van der Waals surface area contributed by atoms with Crippen molar-refractivity contribution < 1.29 is 33.6 Å². The van der Waals surface area contributed by atoms with Gasteiger partial charge in [0.1, 0.15) is 12.4 Å². The zero-order valence-electron chi connectivity index (χ0n) is 19.8. The molecule has 0 spiro atoms. The minimum absolute atomic E-state index is 0.229. The second-order valence-corrected chi connectivity index (χ2v) is 9.85. The van der Waals surface area contributed by atoms with Crippen LogP contribution in [0.4, 0.5) is 0 Å². The summed E-state index contributed by atoms with van der Waals surface area (Å²) in [5, 5.41) is 9.88. The van der Waals surface area contributed by atoms with Crippen LogP contribution in [0.25, 0.3) is 0 Å². The highest BCUT2D eigenvalue weighted by Gasteiger charge is 2.49. The van der Waals surface area contributed by atoms with Crippen molar-refractivity contribution in [1.82, 2.24) is 4.90 Å². The quantitative estimate of drug-likeness (QED) is 0.663. The van der Waals surface area contributed by atoms with E-state index in [9.17, 15) is 14.7 Å². The van der Waals surface area contributed by atoms with Gasteiger partial charge in [-0.15, -0.1) is 0 Å². The van der Waals surface area contributed by atoms with Gasteiger partial charge in [0, 0.05) is 5.56 Å². The van der Waals surface area contributed by atoms with Crippen LogP contribution in [-0.4, -0.2) is 54.9 Å². The van der Waals surface area contributed by atoms with Crippen molar-refractivity contribution in [2.24, 2.45) is 5.41 Å². The second kappa shape index (κ2) is 8.91. The van der Waals surface area contributed by atoms with Gasteiger partial charge in [-0.05, 0) is 17.6 Å². The van der Waals surface area contributed by atoms with Gasteiger partial charge in [0.25, 0.3) is 5.91 Å². The molecule has 2 heterocycles. The monoisotopic (exact) mass is 489 g/mol. The average Bonchev–Trinajstić information content (AvgIpc) is 2.99. The maximum atomic E-state index is 13.6. The zero-order chi connectivity index (χ0) is 24.8. The van der Waals surface area contributed by atoms with Gasteiger partial charge in [-0.25, -0.2) is 0 Å². The first-order chi connectivity index (χ1) is 16.1. The number of carboxylic acids is 1. The molecule has 9 heteroatoms. The molecule has 34 heavy (non-hydrogen) atoms. The molecule has 4 rings (SSSR count). The third-order valence-electron chi connectivity index (χ3n) is 6.26. The van der Waals surface area contributed by atoms with Gasteiger partial charge in [-0.3, -0.25) is 14.5 Å². The predicted molar refractivity (Wildman–Crippen MR) is 124 cm³/mol. The van der Waals surface area contributed by atoms with E-state index in [2.05, 4.69) is 0 Å². The van der Waals surface area contributed by atoms with Crippen LogP contribution < -0.4 is 9.47 Å². The molecule has 0 radical (unpaired) electrons. The lowest BCUT2D eigenvalue weighted by Crippen LogP contribution is -2.55. The van der Waals surface area contributed by atoms with Crippen LogP contribution in [0.2, 0.25) is 0 Å². The summed E-state index contributed by atoms with van der Waals surface area (Å²) in [7, 11) is 3.09. The number of allylic oxidation sites excluding steroid dienone is 2. The molecule has 0 aromatic heterocycles. The SMILES string of the molecule is COc1cccc([C@@H]2C=C(Cl)C3=COC[C@@H](C(C)(C)C)N4C(=O)[C@@H](CC(=O)O)OC2=C34)c1OC. The Morgan fingerprint density at radius 1 is 1.26 bits per heavy atom. The first kappa shape index (κ1) is 24.0. The van der Waals surface area contributed by atoms with E-state index in [-0.39, 0.29) is 18.1 Å². The van der Waals surface area contributed by atoms with Gasteiger partial charge in [0.2, 0.25) is 0 Å². The number of benzene rings is 1. The molecule has 182 valence electrons. The van der Waals surface area contributed by atoms with Crippen molar-refractivity contribution in [3.8, 4) is 11.5 Å². The number of carbonyl (C=O) groups is 2. The average molecular weight is 490 g/mol. The van der Waals surface area contributed by atoms with Crippen molar-refractivity contribution >= 4 is 23.5 Å². The number of hydrogen-bond acceptors (Lipinski definition) is 6. The largest absolute Gasteiger partial charge is 0.498 e. The Morgan fingerprint density at radius 3 is 2.62 bits per heavy atom. The van der Waals surface area contributed by atoms with Crippen molar-refractivity contribution in [1.29, 1.82) is 0 Å². The van der Waals surface area contributed by atoms with Gasteiger partial charge in [-0.1, -0.05) is 44.5 Å². The third kappa shape index (κ3) is 4.00. The Kier molecular flexibility index (Phi) is 6.29. The fourth-order valence-electron chi connectivity index (χ4n) is 4.58. The molecular weight excluding hydrogens is 462 g/mol. The van der Waals surface area contributed by atoms with Crippen molar-refractivity contribution in [2.75, 3.05) is 20.8 Å². The predicted octanol–water partition coefficient (Wildman–Crippen LogP) is 4.17. The number of aliphatic carboxylic acids is 1. The lowest BCUT2D eigenvalue weighted by Gasteiger charge is -2.46. The number of rotatable bonds is 5. The number of carbonyl (C=O) groups excluding carboxylic acids is 1. The number of methoxy groups -OCH3 is 2. The minimum Gasteiger partial charge on any atom is -0.498 e. The van der Waals surface area contributed by atoms with Crippen LogP contribution in [0.15, 0.2) is 52.6 Å². The van der Waals surface area contributed by atoms with Crippen molar-refractivity contribution in [2.45, 2.75) is 45.3 Å². The smallest absolute Gasteiger partial charge is 0.307 e. The molecule has 0 bridgehead atoms. The van der Waals surface area contributed by atoms with Gasteiger partial charge >= 0.3 is 5.97 Å². The molecule has 0 saturated carbocycles. The summed E-state index contributed by atoms with van der Waals surface area (Å²) in [5.41, 5.74) is 1.34. The van der Waals surface area contributed by atoms with Crippen molar-refractivity contribution in [3.05, 3.63) is 58.2 Å². The summed E-state index contributed by atoms with van der Waals surface area (Å²) in [6.07, 6.45) is 1.67. The maximum absolute atomic E-state index is 13.6. The minimum atomic E-state index is -1.19. The van der Waals surface area contributed by atoms with E-state index in [1.165, 1.54) is 0 Å². The van der Waals surface area contributed by atoms with E-state index in [4.69, 9.17) is 30.5 Å². The van der Waals surface area contributed by atoms with Crippen LogP contribution in [-0.2, 0) is 19.1 Å². The van der Waals surface area contributed by atoms with Gasteiger partial charge in [-0.2, -0.15) is 0 Å². The van der Waals surface area contributed by atoms with Crippen LogP contribution in [0.3, 0.4) is 0 Å². The first-order valence-corrected chi connectivity index (χ1v) is 11.3. The first-order valence-electron chi connectivity index (χ1n) is 10.9. The number of carboxylic acid groups (broad SMARTS) is 1. The molecule has 2 aliphatic heterocycles. The Labute approximate surface area is 203 Å². The normalized spacial score (nSPS) is 24.2. The molecule has 0 saturated heterocycles. The molecule has 0 unspecified atom stereocenters. The topological polar surface area (TPSA) is 94.5 Å². The Hall–Kier alpha value is -3.13. The van der Waals surface area contributed by atoms with Crippen LogP contribution >= 0.6 is 11.6 Å². The second-order valence-electron chi connectivity index (χ2n) is 9.45. The summed E-state index contributed by atoms with van der Waals surface area (Å²) in [6.45, 7) is 6.24. The number of ether oxygens (including phenoxy) is 4. The summed E-state index contributed by atoms with van der Waals surface area (Å²) in [4.78, 5) is 26.9. The molecule has 0 fully saturated rings. The standard InChI is InChI=1S/C25H28ClNO7/c1-25(2,3)19-12-33-11-15-16(26)9-14(13-7-6-8-17(31-4)22(13)32-5)23-21(15)27(19)24(30)18(34-23)10-20(28)29/h6-9,11,14,18-19H,10,12H2,1-5H3,(H,28,29)/t14-,18+,19-/m0/s1. The number of para-hydroxylation sites is 1.